The normalized spacial score (nSPS) is 16.7. The number of nitrogens with zero attached hydrogens (tertiary/aromatic N) is 1. The number of amides is 2. The lowest BCUT2D eigenvalue weighted by Crippen LogP contribution is -2.48. The molecule has 0 radical (unpaired) electrons. The Morgan fingerprint density at radius 2 is 1.61 bits per heavy atom. The molecule has 2 aliphatic rings. The zero-order valence-corrected chi connectivity index (χ0v) is 27.8. The Bertz CT molecular complexity index is 1870. The van der Waals surface area contributed by atoms with Crippen LogP contribution >= 0.6 is 0 Å². The van der Waals surface area contributed by atoms with E-state index in [9.17, 15) is 37.1 Å². The summed E-state index contributed by atoms with van der Waals surface area (Å²) in [5, 5.41) is 12.7. The number of fused-ring (bicyclic) bond motifs is 1. The number of hydrogen-bond acceptors (Lipinski definition) is 4. The highest BCUT2D eigenvalue weighted by Crippen LogP contribution is 2.38. The first-order valence-corrected chi connectivity index (χ1v) is 17.0. The molecule has 7 nitrogen and oxygen atoms in total. The summed E-state index contributed by atoms with van der Waals surface area (Å²) in [5.41, 5.74) is 1.79. The Hall–Kier alpha value is -5.19. The number of carboxylic acids is 1. The van der Waals surface area contributed by atoms with Gasteiger partial charge >= 0.3 is 12.1 Å². The predicted octanol–water partition coefficient (Wildman–Crippen LogP) is 8.43. The molecular formula is C40H38F4N2O5. The number of alkyl halides is 3. The van der Waals surface area contributed by atoms with Crippen molar-refractivity contribution in [2.45, 2.75) is 69.8 Å². The van der Waals surface area contributed by atoms with E-state index in [0.29, 0.717) is 17.5 Å². The summed E-state index contributed by atoms with van der Waals surface area (Å²) in [6.07, 6.45) is -0.634. The number of hydrogen-bond donors (Lipinski definition) is 2. The summed E-state index contributed by atoms with van der Waals surface area (Å²) < 4.78 is 61.2. The van der Waals surface area contributed by atoms with Gasteiger partial charge in [-0.3, -0.25) is 14.4 Å². The van der Waals surface area contributed by atoms with Gasteiger partial charge in [-0.2, -0.15) is 13.2 Å². The molecule has 51 heavy (non-hydrogen) atoms. The summed E-state index contributed by atoms with van der Waals surface area (Å²) >= 11 is 0. The minimum Gasteiger partial charge on any atom is -0.489 e. The van der Waals surface area contributed by atoms with E-state index in [1.807, 2.05) is 42.5 Å². The van der Waals surface area contributed by atoms with Crippen molar-refractivity contribution in [3.8, 4) is 16.9 Å². The van der Waals surface area contributed by atoms with Crippen LogP contribution < -0.4 is 10.1 Å². The maximum Gasteiger partial charge on any atom is 0.416 e. The molecule has 1 heterocycles. The summed E-state index contributed by atoms with van der Waals surface area (Å²) in [6.45, 7) is -0.475. The van der Waals surface area contributed by atoms with Crippen LogP contribution in [0.15, 0.2) is 91.0 Å². The second-order valence-electron chi connectivity index (χ2n) is 13.2. The molecule has 1 aliphatic heterocycles. The summed E-state index contributed by atoms with van der Waals surface area (Å²) in [5.74, 6) is -2.71. The maximum absolute atomic E-state index is 14.6. The van der Waals surface area contributed by atoms with Crippen LogP contribution in [0.1, 0.15) is 78.4 Å². The van der Waals surface area contributed by atoms with E-state index >= 15 is 0 Å². The minimum atomic E-state index is -4.80. The molecule has 266 valence electrons. The van der Waals surface area contributed by atoms with Gasteiger partial charge in [-0.05, 0) is 77.3 Å². The minimum absolute atomic E-state index is 0.0895. The van der Waals surface area contributed by atoms with Crippen molar-refractivity contribution in [3.63, 3.8) is 0 Å². The molecule has 6 rings (SSSR count). The molecule has 0 bridgehead atoms. The third-order valence-corrected chi connectivity index (χ3v) is 9.78. The van der Waals surface area contributed by atoms with E-state index in [-0.39, 0.29) is 30.5 Å². The lowest BCUT2D eigenvalue weighted by Gasteiger charge is -2.38. The Morgan fingerprint density at radius 3 is 2.29 bits per heavy atom. The first-order chi connectivity index (χ1) is 24.5. The lowest BCUT2D eigenvalue weighted by atomic mass is 9.90. The van der Waals surface area contributed by atoms with Gasteiger partial charge in [0.2, 0.25) is 11.8 Å². The molecule has 0 saturated heterocycles. The van der Waals surface area contributed by atoms with Gasteiger partial charge in [-0.15, -0.1) is 0 Å². The molecule has 2 N–H and O–H groups in total. The quantitative estimate of drug-likeness (QED) is 0.153. The molecule has 2 unspecified atom stereocenters. The van der Waals surface area contributed by atoms with Crippen LogP contribution in [0.3, 0.4) is 0 Å². The molecule has 2 atom stereocenters. The highest BCUT2D eigenvalue weighted by molar-refractivity contribution is 5.90. The van der Waals surface area contributed by atoms with Crippen LogP contribution in [0, 0.1) is 11.7 Å². The molecule has 2 amide bonds. The molecular weight excluding hydrogens is 664 g/mol. The van der Waals surface area contributed by atoms with E-state index in [2.05, 4.69) is 5.32 Å². The second kappa shape index (κ2) is 15.4. The van der Waals surface area contributed by atoms with Crippen LogP contribution in [0.2, 0.25) is 0 Å². The number of carbonyl (C=O) groups is 3. The van der Waals surface area contributed by atoms with Crippen LogP contribution in [0.25, 0.3) is 11.1 Å². The van der Waals surface area contributed by atoms with E-state index < -0.39 is 60.1 Å². The van der Waals surface area contributed by atoms with Crippen molar-refractivity contribution in [2.75, 3.05) is 6.54 Å². The van der Waals surface area contributed by atoms with Gasteiger partial charge in [0, 0.05) is 18.5 Å². The number of aliphatic carboxylic acids is 1. The summed E-state index contributed by atoms with van der Waals surface area (Å²) in [6, 6.07) is 22.2. The fraction of sp³-hybridized carbons (Fsp3) is 0.325. The van der Waals surface area contributed by atoms with Crippen molar-refractivity contribution in [2.24, 2.45) is 5.92 Å². The average molecular weight is 703 g/mol. The van der Waals surface area contributed by atoms with Crippen molar-refractivity contribution < 1.29 is 41.8 Å². The topological polar surface area (TPSA) is 95.9 Å². The molecule has 0 spiro atoms. The molecule has 11 heteroatoms. The number of carbonyl (C=O) groups excluding carboxylic acids is 2. The van der Waals surface area contributed by atoms with E-state index in [1.54, 1.807) is 24.3 Å². The number of nitrogens with one attached hydrogen (secondary N) is 1. The number of benzene rings is 4. The van der Waals surface area contributed by atoms with Crippen LogP contribution in [-0.4, -0.2) is 34.3 Å². The fourth-order valence-electron chi connectivity index (χ4n) is 7.16. The van der Waals surface area contributed by atoms with Crippen molar-refractivity contribution in [1.29, 1.82) is 0 Å². The first-order valence-electron chi connectivity index (χ1n) is 17.0. The van der Waals surface area contributed by atoms with E-state index in [0.717, 1.165) is 60.6 Å². The maximum atomic E-state index is 14.6. The SMILES string of the molecule is O=C(O)CC(NC(=O)C1c2cc(OCc3c(F)cccc3C(F)(F)F)ccc2CCN1C(=O)CC1CCCC1)c1ccc(-c2ccccc2)cc1. The lowest BCUT2D eigenvalue weighted by molar-refractivity contribution is -0.143. The standard InChI is InChI=1S/C40H38F4N2O5/c41-34-12-6-11-33(40(42,43)44)32(34)24-51-30-18-17-28-19-20-46(36(47)21-25-7-4-5-8-25)38(31(28)22-30)39(50)45-35(23-37(48)49)29-15-13-27(14-16-29)26-9-2-1-3-10-26/h1-3,6,9-18,22,25,35,38H,4-5,7-8,19-21,23-24H2,(H,45,50)(H,48,49). The first kappa shape index (κ1) is 35.6. The largest absolute Gasteiger partial charge is 0.489 e. The third-order valence-electron chi connectivity index (χ3n) is 9.78. The Morgan fingerprint density at radius 1 is 0.902 bits per heavy atom. The van der Waals surface area contributed by atoms with Gasteiger partial charge in [0.25, 0.3) is 0 Å². The van der Waals surface area contributed by atoms with Crippen molar-refractivity contribution in [3.05, 3.63) is 125 Å². The second-order valence-corrected chi connectivity index (χ2v) is 13.2. The van der Waals surface area contributed by atoms with Crippen LogP contribution in [0.4, 0.5) is 17.6 Å². The molecule has 0 aromatic heterocycles. The van der Waals surface area contributed by atoms with Gasteiger partial charge < -0.3 is 20.1 Å². The van der Waals surface area contributed by atoms with Crippen molar-refractivity contribution >= 4 is 17.8 Å². The van der Waals surface area contributed by atoms with Gasteiger partial charge in [-0.25, -0.2) is 4.39 Å². The number of rotatable bonds is 11. The molecule has 1 aliphatic carbocycles. The monoisotopic (exact) mass is 702 g/mol. The van der Waals surface area contributed by atoms with Crippen molar-refractivity contribution in [1.82, 2.24) is 10.2 Å². The molecule has 1 fully saturated rings. The molecule has 1 saturated carbocycles. The molecule has 4 aromatic carbocycles. The highest BCUT2D eigenvalue weighted by atomic mass is 19.4. The van der Waals surface area contributed by atoms with Gasteiger partial charge in [0.15, 0.2) is 0 Å². The predicted molar refractivity (Wildman–Crippen MR) is 182 cm³/mol. The van der Waals surface area contributed by atoms with Gasteiger partial charge in [0.1, 0.15) is 24.2 Å². The Balaban J connectivity index is 1.30. The van der Waals surface area contributed by atoms with E-state index in [4.69, 9.17) is 4.74 Å². The van der Waals surface area contributed by atoms with Crippen LogP contribution in [-0.2, 0) is 33.6 Å². The number of ether oxygens (including phenoxy) is 1. The Kier molecular flexibility index (Phi) is 10.7. The van der Waals surface area contributed by atoms with Gasteiger partial charge in [-0.1, -0.05) is 79.6 Å². The average Bonchev–Trinajstić information content (AvgIpc) is 3.63. The summed E-state index contributed by atoms with van der Waals surface area (Å²) in [4.78, 5) is 41.7. The smallest absolute Gasteiger partial charge is 0.416 e. The van der Waals surface area contributed by atoms with E-state index in [1.165, 1.54) is 11.0 Å². The zero-order valence-electron chi connectivity index (χ0n) is 27.8. The third kappa shape index (κ3) is 8.41. The van der Waals surface area contributed by atoms with Crippen LogP contribution in [0.5, 0.6) is 5.75 Å². The Labute approximate surface area is 293 Å². The number of carboxylic acid groups (broad SMARTS) is 1. The fourth-order valence-corrected chi connectivity index (χ4v) is 7.16. The van der Waals surface area contributed by atoms with Gasteiger partial charge in [0.05, 0.1) is 18.0 Å². The highest BCUT2D eigenvalue weighted by Gasteiger charge is 2.39. The number of halogens is 4. The molecule has 4 aromatic rings. The zero-order chi connectivity index (χ0) is 36.1. The summed E-state index contributed by atoms with van der Waals surface area (Å²) in [7, 11) is 0.